The molecule has 0 amide bonds. The summed E-state index contributed by atoms with van der Waals surface area (Å²) in [5, 5.41) is 12.6. The van der Waals surface area contributed by atoms with E-state index in [9.17, 15) is 14.7 Å². The number of nitrogens with zero attached hydrogens (tertiary/aromatic N) is 1. The normalized spacial score (nSPS) is 10.1. The van der Waals surface area contributed by atoms with E-state index in [2.05, 4.69) is 5.32 Å². The Hall–Kier alpha value is -3.02. The number of esters is 1. The molecule has 126 valence electrons. The van der Waals surface area contributed by atoms with Crippen molar-refractivity contribution in [3.05, 3.63) is 53.6 Å². The van der Waals surface area contributed by atoms with Crippen LogP contribution >= 0.6 is 0 Å². The Bertz CT molecular complexity index is 739. The first-order chi connectivity index (χ1) is 11.4. The van der Waals surface area contributed by atoms with E-state index in [1.165, 1.54) is 6.07 Å². The summed E-state index contributed by atoms with van der Waals surface area (Å²) in [7, 11) is 3.88. The maximum absolute atomic E-state index is 12.0. The molecule has 0 unspecified atom stereocenters. The van der Waals surface area contributed by atoms with E-state index < -0.39 is 11.9 Å². The van der Waals surface area contributed by atoms with Gasteiger partial charge >= 0.3 is 11.9 Å². The zero-order valence-corrected chi connectivity index (χ0v) is 13.9. The zero-order chi connectivity index (χ0) is 17.7. The lowest BCUT2D eigenvalue weighted by Gasteiger charge is -2.15. The maximum Gasteiger partial charge on any atom is 0.339 e. The number of carboxylic acids is 1. The van der Waals surface area contributed by atoms with Crippen LogP contribution in [0.1, 0.15) is 27.6 Å². The predicted octanol–water partition coefficient (Wildman–Crippen LogP) is 3.37. The highest BCUT2D eigenvalue weighted by Crippen LogP contribution is 2.26. The van der Waals surface area contributed by atoms with Gasteiger partial charge in [-0.05, 0) is 43.3 Å². The summed E-state index contributed by atoms with van der Waals surface area (Å²) in [4.78, 5) is 25.6. The van der Waals surface area contributed by atoms with Crippen molar-refractivity contribution in [2.45, 2.75) is 6.92 Å². The van der Waals surface area contributed by atoms with Gasteiger partial charge in [0, 0.05) is 25.5 Å². The number of anilines is 3. The third kappa shape index (κ3) is 3.84. The molecular formula is C18H20N2O4. The number of hydrogen-bond donors (Lipinski definition) is 2. The molecule has 2 aromatic carbocycles. The average Bonchev–Trinajstić information content (AvgIpc) is 2.55. The Labute approximate surface area is 140 Å². The van der Waals surface area contributed by atoms with Crippen molar-refractivity contribution >= 4 is 29.0 Å². The summed E-state index contributed by atoms with van der Waals surface area (Å²) in [6.07, 6.45) is 0. The first-order valence-corrected chi connectivity index (χ1v) is 7.52. The lowest BCUT2D eigenvalue weighted by molar-refractivity contribution is 0.0515. The topological polar surface area (TPSA) is 78.9 Å². The van der Waals surface area contributed by atoms with Gasteiger partial charge in [0.2, 0.25) is 0 Å². The van der Waals surface area contributed by atoms with Crippen molar-refractivity contribution < 1.29 is 19.4 Å². The van der Waals surface area contributed by atoms with Gasteiger partial charge in [-0.15, -0.1) is 0 Å². The lowest BCUT2D eigenvalue weighted by atomic mass is 10.0. The number of rotatable bonds is 6. The van der Waals surface area contributed by atoms with Crippen molar-refractivity contribution in [1.82, 2.24) is 0 Å². The van der Waals surface area contributed by atoms with Crippen LogP contribution in [0.5, 0.6) is 0 Å². The standard InChI is InChI=1S/C18H20N2O4/c1-4-24-18(23)14-6-5-7-15(16(14)17(21)22)19-12-8-10-13(11-9-12)20(2)3/h5-11,19H,4H2,1-3H3,(H,21,22). The van der Waals surface area contributed by atoms with Crippen molar-refractivity contribution in [3.63, 3.8) is 0 Å². The van der Waals surface area contributed by atoms with Crippen LogP contribution in [-0.2, 0) is 4.74 Å². The summed E-state index contributed by atoms with van der Waals surface area (Å²) in [5.74, 6) is -1.84. The minimum Gasteiger partial charge on any atom is -0.478 e. The molecule has 0 fully saturated rings. The number of carbonyl (C=O) groups excluding carboxylic acids is 1. The number of aromatic carboxylic acids is 1. The highest BCUT2D eigenvalue weighted by atomic mass is 16.5. The van der Waals surface area contributed by atoms with E-state index in [1.54, 1.807) is 19.1 Å². The van der Waals surface area contributed by atoms with Crippen LogP contribution in [0.3, 0.4) is 0 Å². The Morgan fingerprint density at radius 2 is 1.79 bits per heavy atom. The Morgan fingerprint density at radius 3 is 2.33 bits per heavy atom. The molecule has 0 aliphatic heterocycles. The van der Waals surface area contributed by atoms with E-state index in [4.69, 9.17) is 4.74 Å². The largest absolute Gasteiger partial charge is 0.478 e. The smallest absolute Gasteiger partial charge is 0.339 e. The molecule has 0 saturated heterocycles. The molecule has 6 nitrogen and oxygen atoms in total. The summed E-state index contributed by atoms with van der Waals surface area (Å²) >= 11 is 0. The molecule has 2 aromatic rings. The second-order valence-electron chi connectivity index (χ2n) is 5.32. The predicted molar refractivity (Wildman–Crippen MR) is 93.4 cm³/mol. The number of carbonyl (C=O) groups is 2. The van der Waals surface area contributed by atoms with Gasteiger partial charge in [-0.1, -0.05) is 6.07 Å². The third-order valence-corrected chi connectivity index (χ3v) is 3.44. The second-order valence-corrected chi connectivity index (χ2v) is 5.32. The molecule has 0 radical (unpaired) electrons. The zero-order valence-electron chi connectivity index (χ0n) is 13.9. The SMILES string of the molecule is CCOC(=O)c1cccc(Nc2ccc(N(C)C)cc2)c1C(=O)O. The molecular weight excluding hydrogens is 308 g/mol. The molecule has 0 heterocycles. The second kappa shape index (κ2) is 7.50. The summed E-state index contributed by atoms with van der Waals surface area (Å²) < 4.78 is 4.93. The molecule has 2 N–H and O–H groups in total. The fraction of sp³-hybridized carbons (Fsp3) is 0.222. The molecule has 2 rings (SSSR count). The van der Waals surface area contributed by atoms with E-state index in [0.29, 0.717) is 5.69 Å². The van der Waals surface area contributed by atoms with E-state index in [1.807, 2.05) is 43.3 Å². The molecule has 0 aromatic heterocycles. The van der Waals surface area contributed by atoms with Gasteiger partial charge in [-0.2, -0.15) is 0 Å². The molecule has 0 aliphatic carbocycles. The van der Waals surface area contributed by atoms with Crippen LogP contribution in [0.25, 0.3) is 0 Å². The van der Waals surface area contributed by atoms with Gasteiger partial charge in [-0.25, -0.2) is 9.59 Å². The molecule has 0 spiro atoms. The first-order valence-electron chi connectivity index (χ1n) is 7.52. The maximum atomic E-state index is 12.0. The lowest BCUT2D eigenvalue weighted by Crippen LogP contribution is -2.13. The first kappa shape index (κ1) is 17.3. The number of benzene rings is 2. The van der Waals surface area contributed by atoms with Gasteiger partial charge < -0.3 is 20.1 Å². The van der Waals surface area contributed by atoms with Crippen LogP contribution < -0.4 is 10.2 Å². The summed E-state index contributed by atoms with van der Waals surface area (Å²) in [5.41, 5.74) is 2.01. The van der Waals surface area contributed by atoms with Crippen molar-refractivity contribution in [3.8, 4) is 0 Å². The van der Waals surface area contributed by atoms with Crippen LogP contribution in [0, 0.1) is 0 Å². The van der Waals surface area contributed by atoms with Gasteiger partial charge in [0.05, 0.1) is 23.4 Å². The van der Waals surface area contributed by atoms with Crippen LogP contribution in [0.4, 0.5) is 17.1 Å². The Kier molecular flexibility index (Phi) is 5.42. The summed E-state index contributed by atoms with van der Waals surface area (Å²) in [6, 6.07) is 12.2. The molecule has 6 heteroatoms. The summed E-state index contributed by atoms with van der Waals surface area (Å²) in [6.45, 7) is 1.86. The fourth-order valence-corrected chi connectivity index (χ4v) is 2.26. The Balaban J connectivity index is 2.37. The molecule has 0 saturated carbocycles. The molecule has 0 bridgehead atoms. The van der Waals surface area contributed by atoms with Crippen molar-refractivity contribution in [2.75, 3.05) is 30.9 Å². The number of carboxylic acid groups (broad SMARTS) is 1. The van der Waals surface area contributed by atoms with Crippen LogP contribution in [0.15, 0.2) is 42.5 Å². The van der Waals surface area contributed by atoms with E-state index in [-0.39, 0.29) is 17.7 Å². The molecule has 24 heavy (non-hydrogen) atoms. The minimum absolute atomic E-state index is 0.0271. The third-order valence-electron chi connectivity index (χ3n) is 3.44. The fourth-order valence-electron chi connectivity index (χ4n) is 2.26. The van der Waals surface area contributed by atoms with Gasteiger partial charge in [0.25, 0.3) is 0 Å². The highest BCUT2D eigenvalue weighted by molar-refractivity contribution is 6.06. The highest BCUT2D eigenvalue weighted by Gasteiger charge is 2.21. The minimum atomic E-state index is -1.19. The monoisotopic (exact) mass is 328 g/mol. The number of ether oxygens (including phenoxy) is 1. The number of nitrogens with one attached hydrogen (secondary N) is 1. The van der Waals surface area contributed by atoms with Crippen LogP contribution in [-0.4, -0.2) is 37.7 Å². The van der Waals surface area contributed by atoms with Gasteiger partial charge in [0.1, 0.15) is 0 Å². The van der Waals surface area contributed by atoms with Crippen molar-refractivity contribution in [2.24, 2.45) is 0 Å². The van der Waals surface area contributed by atoms with Crippen LogP contribution in [0.2, 0.25) is 0 Å². The Morgan fingerprint density at radius 1 is 1.12 bits per heavy atom. The van der Waals surface area contributed by atoms with Gasteiger partial charge in [-0.3, -0.25) is 0 Å². The molecule has 0 aliphatic rings. The van der Waals surface area contributed by atoms with E-state index in [0.717, 1.165) is 11.4 Å². The van der Waals surface area contributed by atoms with E-state index >= 15 is 0 Å². The van der Waals surface area contributed by atoms with Gasteiger partial charge in [0.15, 0.2) is 0 Å². The van der Waals surface area contributed by atoms with Crippen molar-refractivity contribution in [1.29, 1.82) is 0 Å². The number of hydrogen-bond acceptors (Lipinski definition) is 5. The molecule has 0 atom stereocenters. The average molecular weight is 328 g/mol. The quantitative estimate of drug-likeness (QED) is 0.792.